The van der Waals surface area contributed by atoms with E-state index in [9.17, 15) is 0 Å². The zero-order chi connectivity index (χ0) is 38.6. The van der Waals surface area contributed by atoms with E-state index in [0.29, 0.717) is 0 Å². The molecule has 2 heteroatoms. The fourth-order valence-corrected chi connectivity index (χ4v) is 9.27. The summed E-state index contributed by atoms with van der Waals surface area (Å²) in [7, 11) is 0. The van der Waals surface area contributed by atoms with Crippen LogP contribution in [0.2, 0.25) is 0 Å². The zero-order valence-electron chi connectivity index (χ0n) is 32.1. The van der Waals surface area contributed by atoms with Crippen LogP contribution in [0.3, 0.4) is 0 Å². The molecule has 10 aromatic rings. The maximum atomic E-state index is 6.69. The summed E-state index contributed by atoms with van der Waals surface area (Å²) in [5.74, 6) is 0. The van der Waals surface area contributed by atoms with Crippen LogP contribution in [0.4, 0.5) is 17.1 Å². The Bertz CT molecular complexity index is 3060. The van der Waals surface area contributed by atoms with Crippen molar-refractivity contribution in [3.05, 3.63) is 235 Å². The Labute approximate surface area is 338 Å². The first-order valence-electron chi connectivity index (χ1n) is 20.0. The van der Waals surface area contributed by atoms with Gasteiger partial charge in [-0.1, -0.05) is 170 Å². The number of anilines is 3. The molecule has 1 aromatic heterocycles. The van der Waals surface area contributed by atoms with Gasteiger partial charge in [-0.3, -0.25) is 0 Å². The first-order valence-corrected chi connectivity index (χ1v) is 20.0. The van der Waals surface area contributed by atoms with Gasteiger partial charge in [-0.15, -0.1) is 0 Å². The van der Waals surface area contributed by atoms with E-state index in [1.54, 1.807) is 0 Å². The number of nitrogens with zero attached hydrogens (tertiary/aromatic N) is 1. The largest absolute Gasteiger partial charge is 0.456 e. The summed E-state index contributed by atoms with van der Waals surface area (Å²) >= 11 is 0. The predicted octanol–water partition coefficient (Wildman–Crippen LogP) is 15.4. The third kappa shape index (κ3) is 5.49. The molecule has 58 heavy (non-hydrogen) atoms. The van der Waals surface area contributed by atoms with Gasteiger partial charge in [0.1, 0.15) is 11.2 Å². The van der Waals surface area contributed by atoms with E-state index in [1.807, 2.05) is 0 Å². The highest BCUT2D eigenvalue weighted by Gasteiger charge is 2.40. The van der Waals surface area contributed by atoms with Crippen molar-refractivity contribution in [2.45, 2.75) is 12.3 Å². The molecular formula is C56H39NO. The van der Waals surface area contributed by atoms with Gasteiger partial charge >= 0.3 is 0 Å². The Hall–Kier alpha value is -7.42. The normalized spacial score (nSPS) is 12.7. The van der Waals surface area contributed by atoms with E-state index in [4.69, 9.17) is 4.42 Å². The third-order valence-electron chi connectivity index (χ3n) is 12.2. The van der Waals surface area contributed by atoms with Crippen molar-refractivity contribution in [2.75, 3.05) is 4.90 Å². The summed E-state index contributed by atoms with van der Waals surface area (Å²) in [4.78, 5) is 2.35. The second-order valence-corrected chi connectivity index (χ2v) is 15.4. The summed E-state index contributed by atoms with van der Waals surface area (Å²) in [6.07, 6.45) is 0. The minimum absolute atomic E-state index is 0.284. The molecule has 0 N–H and O–H groups in total. The van der Waals surface area contributed by atoms with Crippen molar-refractivity contribution >= 4 is 39.0 Å². The van der Waals surface area contributed by atoms with Gasteiger partial charge in [-0.05, 0) is 117 Å². The van der Waals surface area contributed by atoms with Crippen molar-refractivity contribution in [3.8, 4) is 44.5 Å². The molecule has 1 aliphatic rings. The third-order valence-corrected chi connectivity index (χ3v) is 12.2. The number of benzene rings is 9. The van der Waals surface area contributed by atoms with Crippen molar-refractivity contribution in [2.24, 2.45) is 0 Å². The topological polar surface area (TPSA) is 16.4 Å². The van der Waals surface area contributed by atoms with Crippen LogP contribution >= 0.6 is 0 Å². The molecule has 2 nitrogen and oxygen atoms in total. The van der Waals surface area contributed by atoms with Crippen molar-refractivity contribution in [1.29, 1.82) is 0 Å². The molecule has 0 spiro atoms. The summed E-state index contributed by atoms with van der Waals surface area (Å²) in [6, 6.07) is 78.7. The molecule has 1 aliphatic carbocycles. The molecule has 0 radical (unpaired) electrons. The lowest BCUT2D eigenvalue weighted by Crippen LogP contribution is -2.22. The lowest BCUT2D eigenvalue weighted by Gasteiger charge is -2.28. The summed E-state index contributed by atoms with van der Waals surface area (Å²) in [6.45, 7) is 2.35. The maximum absolute atomic E-state index is 6.69. The van der Waals surface area contributed by atoms with Crippen LogP contribution in [0.1, 0.15) is 23.6 Å². The van der Waals surface area contributed by atoms with Gasteiger partial charge in [-0.2, -0.15) is 0 Å². The van der Waals surface area contributed by atoms with Crippen LogP contribution in [0.15, 0.2) is 223 Å². The first kappa shape index (κ1) is 33.9. The van der Waals surface area contributed by atoms with E-state index in [2.05, 4.69) is 230 Å². The average Bonchev–Trinajstić information content (AvgIpc) is 3.81. The fourth-order valence-electron chi connectivity index (χ4n) is 9.27. The fraction of sp³-hybridized carbons (Fsp3) is 0.0357. The van der Waals surface area contributed by atoms with E-state index in [-0.39, 0.29) is 5.41 Å². The van der Waals surface area contributed by atoms with Crippen LogP contribution in [-0.2, 0) is 5.41 Å². The highest BCUT2D eigenvalue weighted by Crippen LogP contribution is 2.53. The van der Waals surface area contributed by atoms with E-state index >= 15 is 0 Å². The number of hydrogen-bond acceptors (Lipinski definition) is 2. The highest BCUT2D eigenvalue weighted by molar-refractivity contribution is 6.12. The Balaban J connectivity index is 0.991. The van der Waals surface area contributed by atoms with Gasteiger partial charge in [0, 0.05) is 33.2 Å². The van der Waals surface area contributed by atoms with Gasteiger partial charge in [0.05, 0.1) is 0 Å². The van der Waals surface area contributed by atoms with Crippen molar-refractivity contribution in [3.63, 3.8) is 0 Å². The van der Waals surface area contributed by atoms with E-state index in [0.717, 1.165) is 50.1 Å². The number of furan rings is 1. The summed E-state index contributed by atoms with van der Waals surface area (Å²) in [5, 5.41) is 2.26. The monoisotopic (exact) mass is 741 g/mol. The van der Waals surface area contributed by atoms with Gasteiger partial charge < -0.3 is 9.32 Å². The minimum atomic E-state index is -0.284. The summed E-state index contributed by atoms with van der Waals surface area (Å²) < 4.78 is 6.69. The first-order chi connectivity index (χ1) is 28.6. The van der Waals surface area contributed by atoms with Gasteiger partial charge in [0.25, 0.3) is 0 Å². The lowest BCUT2D eigenvalue weighted by atomic mass is 9.74. The van der Waals surface area contributed by atoms with Crippen molar-refractivity contribution < 1.29 is 4.42 Å². The lowest BCUT2D eigenvalue weighted by molar-refractivity contribution is 0.662. The molecule has 11 rings (SSSR count). The molecule has 0 unspecified atom stereocenters. The standard InChI is InChI=1S/C56H39NO/c1-56(51-23-10-8-20-48(51)49-21-9-11-24-52(49)56)43-30-35-50-54(37-43)58-53-25-13-22-47(55(50)53)41-28-33-45(34-29-41)57(44-31-26-40(27-32-44)38-14-4-2-5-15-38)46-19-12-18-42(36-46)39-16-6-3-7-17-39/h2-37H,1H3. The van der Waals surface area contributed by atoms with Crippen LogP contribution in [0, 0.1) is 0 Å². The number of fused-ring (bicyclic) bond motifs is 6. The van der Waals surface area contributed by atoms with Gasteiger partial charge in [0.2, 0.25) is 0 Å². The molecule has 0 atom stereocenters. The summed E-state index contributed by atoms with van der Waals surface area (Å²) in [5.41, 5.74) is 18.4. The molecule has 0 bridgehead atoms. The Morgan fingerprint density at radius 1 is 0.362 bits per heavy atom. The number of hydrogen-bond donors (Lipinski definition) is 0. The highest BCUT2D eigenvalue weighted by atomic mass is 16.3. The minimum Gasteiger partial charge on any atom is -0.456 e. The van der Waals surface area contributed by atoms with Crippen LogP contribution in [0.5, 0.6) is 0 Å². The van der Waals surface area contributed by atoms with Gasteiger partial charge in [0.15, 0.2) is 0 Å². The Morgan fingerprint density at radius 3 is 1.53 bits per heavy atom. The van der Waals surface area contributed by atoms with Gasteiger partial charge in [-0.25, -0.2) is 0 Å². The van der Waals surface area contributed by atoms with Crippen LogP contribution < -0.4 is 4.90 Å². The molecule has 9 aromatic carbocycles. The molecule has 0 amide bonds. The Kier molecular flexibility index (Phi) is 7.97. The van der Waals surface area contributed by atoms with E-state index in [1.165, 1.54) is 50.1 Å². The second-order valence-electron chi connectivity index (χ2n) is 15.4. The maximum Gasteiger partial charge on any atom is 0.136 e. The molecular weight excluding hydrogens is 703 g/mol. The molecule has 0 fully saturated rings. The van der Waals surface area contributed by atoms with Crippen molar-refractivity contribution in [1.82, 2.24) is 0 Å². The molecule has 274 valence electrons. The molecule has 1 heterocycles. The molecule has 0 saturated heterocycles. The van der Waals surface area contributed by atoms with E-state index < -0.39 is 0 Å². The average molecular weight is 742 g/mol. The molecule has 0 saturated carbocycles. The van der Waals surface area contributed by atoms with Crippen LogP contribution in [-0.4, -0.2) is 0 Å². The quantitative estimate of drug-likeness (QED) is 0.162. The Morgan fingerprint density at radius 2 is 0.879 bits per heavy atom. The van der Waals surface area contributed by atoms with Crippen LogP contribution in [0.25, 0.3) is 66.4 Å². The number of rotatable bonds is 7. The molecule has 0 aliphatic heterocycles. The predicted molar refractivity (Wildman–Crippen MR) is 242 cm³/mol. The SMILES string of the molecule is CC1(c2ccc3c(c2)oc2cccc(-c4ccc(N(c5ccc(-c6ccccc6)cc5)c5cccc(-c6ccccc6)c5)cc4)c23)c2ccccc2-c2ccccc21. The smallest absolute Gasteiger partial charge is 0.136 e. The zero-order valence-corrected chi connectivity index (χ0v) is 32.1. The second kappa shape index (κ2) is 13.7.